The first-order chi connectivity index (χ1) is 13.3. The third kappa shape index (κ3) is 6.07. The summed E-state index contributed by atoms with van der Waals surface area (Å²) in [5.74, 6) is 0.432. The average Bonchev–Trinajstić information content (AvgIpc) is 2.66. The van der Waals surface area contributed by atoms with Gasteiger partial charge in [-0.05, 0) is 72.6 Å². The summed E-state index contributed by atoms with van der Waals surface area (Å²) in [5.41, 5.74) is 3.68. The second-order valence-electron chi connectivity index (χ2n) is 7.93. The SMILES string of the molecule is C=C(/C=C/c1ccc(C(C)(C)F)cc1C(CC)CCCC)c1cccc(Cl)c1. The van der Waals surface area contributed by atoms with Gasteiger partial charge in [-0.15, -0.1) is 0 Å². The Balaban J connectivity index is 2.39. The van der Waals surface area contributed by atoms with Crippen molar-refractivity contribution in [3.63, 3.8) is 0 Å². The van der Waals surface area contributed by atoms with Gasteiger partial charge in [0, 0.05) is 5.02 Å². The molecule has 0 nitrogen and oxygen atoms in total. The summed E-state index contributed by atoms with van der Waals surface area (Å²) in [6, 6.07) is 13.7. The molecule has 0 bridgehead atoms. The van der Waals surface area contributed by atoms with Gasteiger partial charge < -0.3 is 0 Å². The van der Waals surface area contributed by atoms with Crippen molar-refractivity contribution in [1.82, 2.24) is 0 Å². The van der Waals surface area contributed by atoms with E-state index in [1.54, 1.807) is 13.8 Å². The number of unbranched alkanes of at least 4 members (excludes halogenated alkanes) is 1. The highest BCUT2D eigenvalue weighted by Gasteiger charge is 2.21. The van der Waals surface area contributed by atoms with Crippen LogP contribution in [0.5, 0.6) is 0 Å². The van der Waals surface area contributed by atoms with Gasteiger partial charge in [0.2, 0.25) is 0 Å². The number of halogens is 2. The standard InChI is InChI=1S/C26H32ClF/c1-6-8-10-20(7-2)25-18-23(26(4,5)28)16-15-21(25)14-13-19(3)22-11-9-12-24(27)17-22/h9,11-18,20H,3,6-8,10H2,1-2,4-5H3/b14-13+. The van der Waals surface area contributed by atoms with Crippen LogP contribution in [0.2, 0.25) is 5.02 Å². The van der Waals surface area contributed by atoms with Crippen LogP contribution in [0.15, 0.2) is 55.1 Å². The van der Waals surface area contributed by atoms with Crippen LogP contribution >= 0.6 is 11.6 Å². The summed E-state index contributed by atoms with van der Waals surface area (Å²) in [6.45, 7) is 11.8. The lowest BCUT2D eigenvalue weighted by molar-refractivity contribution is 0.221. The van der Waals surface area contributed by atoms with E-state index in [1.807, 2.05) is 42.5 Å². The van der Waals surface area contributed by atoms with Crippen LogP contribution in [0.4, 0.5) is 4.39 Å². The second kappa shape index (κ2) is 10.1. The lowest BCUT2D eigenvalue weighted by atomic mass is 9.84. The Morgan fingerprint density at radius 2 is 1.93 bits per heavy atom. The maximum Gasteiger partial charge on any atom is 0.130 e. The summed E-state index contributed by atoms with van der Waals surface area (Å²) < 4.78 is 14.6. The molecule has 1 unspecified atom stereocenters. The highest BCUT2D eigenvalue weighted by atomic mass is 35.5. The molecule has 0 saturated carbocycles. The minimum Gasteiger partial charge on any atom is -0.239 e. The van der Waals surface area contributed by atoms with Crippen LogP contribution in [0.1, 0.15) is 81.5 Å². The zero-order valence-electron chi connectivity index (χ0n) is 17.6. The van der Waals surface area contributed by atoms with Gasteiger partial charge in [-0.2, -0.15) is 0 Å². The van der Waals surface area contributed by atoms with E-state index < -0.39 is 5.67 Å². The van der Waals surface area contributed by atoms with E-state index in [1.165, 1.54) is 18.4 Å². The Morgan fingerprint density at radius 3 is 2.54 bits per heavy atom. The Kier molecular flexibility index (Phi) is 8.07. The van der Waals surface area contributed by atoms with Crippen LogP contribution < -0.4 is 0 Å². The Hall–Kier alpha value is -1.86. The second-order valence-corrected chi connectivity index (χ2v) is 8.37. The number of alkyl halides is 1. The molecule has 0 aliphatic rings. The fraction of sp³-hybridized carbons (Fsp3) is 0.385. The van der Waals surface area contributed by atoms with Gasteiger partial charge in [0.05, 0.1) is 0 Å². The largest absolute Gasteiger partial charge is 0.239 e. The molecule has 28 heavy (non-hydrogen) atoms. The van der Waals surface area contributed by atoms with Crippen LogP contribution in [0.25, 0.3) is 11.6 Å². The highest BCUT2D eigenvalue weighted by molar-refractivity contribution is 6.30. The minimum absolute atomic E-state index is 0.432. The normalized spacial score (nSPS) is 13.1. The molecule has 2 heteroatoms. The molecule has 2 aromatic rings. The molecule has 0 aromatic heterocycles. The zero-order chi connectivity index (χ0) is 20.7. The van der Waals surface area contributed by atoms with Gasteiger partial charge in [0.1, 0.15) is 5.67 Å². The van der Waals surface area contributed by atoms with E-state index in [0.717, 1.165) is 35.1 Å². The molecular weight excluding hydrogens is 367 g/mol. The van der Waals surface area contributed by atoms with Crippen molar-refractivity contribution >= 4 is 23.3 Å². The van der Waals surface area contributed by atoms with Crippen molar-refractivity contribution in [2.45, 2.75) is 65.0 Å². The molecule has 1 atom stereocenters. The Morgan fingerprint density at radius 1 is 1.18 bits per heavy atom. The van der Waals surface area contributed by atoms with E-state index in [2.05, 4.69) is 32.6 Å². The number of hydrogen-bond donors (Lipinski definition) is 0. The predicted octanol–water partition coefficient (Wildman–Crippen LogP) is 8.96. The van der Waals surface area contributed by atoms with Gasteiger partial charge in [-0.1, -0.05) is 87.4 Å². The van der Waals surface area contributed by atoms with E-state index in [-0.39, 0.29) is 0 Å². The van der Waals surface area contributed by atoms with Gasteiger partial charge in [-0.3, -0.25) is 0 Å². The van der Waals surface area contributed by atoms with E-state index in [9.17, 15) is 4.39 Å². The molecule has 0 spiro atoms. The van der Waals surface area contributed by atoms with Crippen LogP contribution in [0, 0.1) is 0 Å². The third-order valence-corrected chi connectivity index (χ3v) is 5.51. The Labute approximate surface area is 175 Å². The maximum atomic E-state index is 14.6. The lowest BCUT2D eigenvalue weighted by Gasteiger charge is -2.22. The van der Waals surface area contributed by atoms with Crippen molar-refractivity contribution in [1.29, 1.82) is 0 Å². The molecule has 150 valence electrons. The number of benzene rings is 2. The van der Waals surface area contributed by atoms with E-state index in [4.69, 9.17) is 11.6 Å². The van der Waals surface area contributed by atoms with Gasteiger partial charge >= 0.3 is 0 Å². The van der Waals surface area contributed by atoms with Crippen molar-refractivity contribution in [2.24, 2.45) is 0 Å². The number of rotatable bonds is 9. The number of allylic oxidation sites excluding steroid dienone is 2. The number of hydrogen-bond acceptors (Lipinski definition) is 0. The summed E-state index contributed by atoms with van der Waals surface area (Å²) in [4.78, 5) is 0. The van der Waals surface area contributed by atoms with Gasteiger partial charge in [0.25, 0.3) is 0 Å². The van der Waals surface area contributed by atoms with E-state index in [0.29, 0.717) is 10.9 Å². The van der Waals surface area contributed by atoms with Crippen molar-refractivity contribution in [3.05, 3.63) is 82.4 Å². The van der Waals surface area contributed by atoms with Crippen LogP contribution in [-0.2, 0) is 5.67 Å². The smallest absolute Gasteiger partial charge is 0.130 e. The van der Waals surface area contributed by atoms with Crippen LogP contribution in [-0.4, -0.2) is 0 Å². The molecular formula is C26H32ClF. The van der Waals surface area contributed by atoms with Crippen molar-refractivity contribution < 1.29 is 4.39 Å². The summed E-state index contributed by atoms with van der Waals surface area (Å²) in [7, 11) is 0. The van der Waals surface area contributed by atoms with Gasteiger partial charge in [0.15, 0.2) is 0 Å². The summed E-state index contributed by atoms with van der Waals surface area (Å²) in [6.07, 6.45) is 8.65. The maximum absolute atomic E-state index is 14.6. The Bertz CT molecular complexity index is 827. The first kappa shape index (κ1) is 22.4. The zero-order valence-corrected chi connectivity index (χ0v) is 18.3. The van der Waals surface area contributed by atoms with Gasteiger partial charge in [-0.25, -0.2) is 4.39 Å². The first-order valence-corrected chi connectivity index (χ1v) is 10.6. The molecule has 0 amide bonds. The molecule has 0 heterocycles. The summed E-state index contributed by atoms with van der Waals surface area (Å²) in [5, 5.41) is 0.702. The summed E-state index contributed by atoms with van der Waals surface area (Å²) >= 11 is 6.10. The molecule has 0 aliphatic heterocycles. The van der Waals surface area contributed by atoms with Crippen molar-refractivity contribution in [3.8, 4) is 0 Å². The molecule has 0 aliphatic carbocycles. The van der Waals surface area contributed by atoms with Crippen LogP contribution in [0.3, 0.4) is 0 Å². The predicted molar refractivity (Wildman–Crippen MR) is 123 cm³/mol. The minimum atomic E-state index is -1.34. The first-order valence-electron chi connectivity index (χ1n) is 10.2. The molecule has 0 saturated heterocycles. The molecule has 0 radical (unpaired) electrons. The molecule has 0 fully saturated rings. The average molecular weight is 399 g/mol. The molecule has 2 rings (SSSR count). The quantitative estimate of drug-likeness (QED) is 0.369. The lowest BCUT2D eigenvalue weighted by Crippen LogP contribution is -2.11. The fourth-order valence-corrected chi connectivity index (χ4v) is 3.65. The highest BCUT2D eigenvalue weighted by Crippen LogP contribution is 2.34. The molecule has 0 N–H and O–H groups in total. The molecule has 2 aromatic carbocycles. The monoisotopic (exact) mass is 398 g/mol. The topological polar surface area (TPSA) is 0 Å². The van der Waals surface area contributed by atoms with Crippen molar-refractivity contribution in [2.75, 3.05) is 0 Å². The fourth-order valence-electron chi connectivity index (χ4n) is 3.45. The van der Waals surface area contributed by atoms with E-state index >= 15 is 0 Å². The third-order valence-electron chi connectivity index (χ3n) is 5.27.